The monoisotopic (exact) mass is 286 g/mol. The standard InChI is InChI=1S/C17H22N2O2/c1-11(2)17(20)21-9-14-6-5-7-15(12(14)3)13(4)16-8-18-10-19-16/h5-8,10-11,13H,9H2,1-4H3,(H,18,19). The van der Waals surface area contributed by atoms with E-state index in [1.807, 2.05) is 32.2 Å². The average Bonchev–Trinajstić information content (AvgIpc) is 2.99. The number of carbonyl (C=O) groups is 1. The number of aromatic nitrogens is 2. The van der Waals surface area contributed by atoms with Gasteiger partial charge in [-0.3, -0.25) is 4.79 Å². The first-order valence-electron chi connectivity index (χ1n) is 7.24. The fourth-order valence-corrected chi connectivity index (χ4v) is 2.31. The molecule has 0 fully saturated rings. The Balaban J connectivity index is 2.18. The molecule has 0 aliphatic carbocycles. The highest BCUT2D eigenvalue weighted by Crippen LogP contribution is 2.27. The number of H-pyrrole nitrogens is 1. The molecule has 4 heteroatoms. The molecule has 1 N–H and O–H groups in total. The highest BCUT2D eigenvalue weighted by Gasteiger charge is 2.15. The molecule has 1 atom stereocenters. The minimum Gasteiger partial charge on any atom is -0.461 e. The fourth-order valence-electron chi connectivity index (χ4n) is 2.31. The number of imidazole rings is 1. The Morgan fingerprint density at radius 3 is 2.71 bits per heavy atom. The molecule has 112 valence electrons. The van der Waals surface area contributed by atoms with E-state index in [2.05, 4.69) is 29.9 Å². The summed E-state index contributed by atoms with van der Waals surface area (Å²) in [5.74, 6) is -0.0615. The summed E-state index contributed by atoms with van der Waals surface area (Å²) in [6.45, 7) is 8.19. The summed E-state index contributed by atoms with van der Waals surface area (Å²) < 4.78 is 5.34. The lowest BCUT2D eigenvalue weighted by Crippen LogP contribution is -2.12. The number of aromatic amines is 1. The maximum Gasteiger partial charge on any atom is 0.308 e. The summed E-state index contributed by atoms with van der Waals surface area (Å²) in [5.41, 5.74) is 4.42. The summed E-state index contributed by atoms with van der Waals surface area (Å²) in [6, 6.07) is 6.11. The predicted octanol–water partition coefficient (Wildman–Crippen LogP) is 3.57. The summed E-state index contributed by atoms with van der Waals surface area (Å²) in [6.07, 6.45) is 3.60. The van der Waals surface area contributed by atoms with Gasteiger partial charge in [-0.1, -0.05) is 39.0 Å². The average molecular weight is 286 g/mol. The molecule has 0 bridgehead atoms. The van der Waals surface area contributed by atoms with Crippen LogP contribution in [0, 0.1) is 12.8 Å². The van der Waals surface area contributed by atoms with Gasteiger partial charge < -0.3 is 9.72 Å². The second-order valence-corrected chi connectivity index (χ2v) is 5.61. The van der Waals surface area contributed by atoms with Crippen LogP contribution in [0.25, 0.3) is 0 Å². The molecule has 0 saturated carbocycles. The van der Waals surface area contributed by atoms with Crippen LogP contribution < -0.4 is 0 Å². The number of hydrogen-bond acceptors (Lipinski definition) is 3. The molecule has 1 aromatic heterocycles. The molecule has 1 unspecified atom stereocenters. The third kappa shape index (κ3) is 3.51. The smallest absolute Gasteiger partial charge is 0.308 e. The van der Waals surface area contributed by atoms with E-state index >= 15 is 0 Å². The van der Waals surface area contributed by atoms with Crippen molar-refractivity contribution in [1.82, 2.24) is 9.97 Å². The van der Waals surface area contributed by atoms with Crippen molar-refractivity contribution in [3.05, 3.63) is 53.1 Å². The van der Waals surface area contributed by atoms with E-state index in [9.17, 15) is 4.79 Å². The Morgan fingerprint density at radius 1 is 1.33 bits per heavy atom. The SMILES string of the molecule is Cc1c(COC(=O)C(C)C)cccc1C(C)c1c[nH]cn1. The summed E-state index contributed by atoms with van der Waals surface area (Å²) in [4.78, 5) is 18.9. The molecular formula is C17H22N2O2. The van der Waals surface area contributed by atoms with E-state index in [1.54, 1.807) is 6.33 Å². The van der Waals surface area contributed by atoms with Crippen molar-refractivity contribution in [1.29, 1.82) is 0 Å². The van der Waals surface area contributed by atoms with Gasteiger partial charge in [0.2, 0.25) is 0 Å². The third-order valence-corrected chi connectivity index (χ3v) is 3.76. The molecule has 1 aromatic carbocycles. The van der Waals surface area contributed by atoms with Crippen molar-refractivity contribution >= 4 is 5.97 Å². The van der Waals surface area contributed by atoms with Gasteiger partial charge in [0.15, 0.2) is 0 Å². The van der Waals surface area contributed by atoms with Crippen molar-refractivity contribution < 1.29 is 9.53 Å². The quantitative estimate of drug-likeness (QED) is 0.855. The Morgan fingerprint density at radius 2 is 2.10 bits per heavy atom. The zero-order valence-electron chi connectivity index (χ0n) is 13.0. The zero-order chi connectivity index (χ0) is 15.4. The first-order chi connectivity index (χ1) is 10.0. The van der Waals surface area contributed by atoms with Gasteiger partial charge in [0.05, 0.1) is 17.9 Å². The molecule has 21 heavy (non-hydrogen) atoms. The Hall–Kier alpha value is -2.10. The van der Waals surface area contributed by atoms with E-state index in [0.717, 1.165) is 16.8 Å². The number of hydrogen-bond donors (Lipinski definition) is 1. The van der Waals surface area contributed by atoms with Gasteiger partial charge in [-0.15, -0.1) is 0 Å². The van der Waals surface area contributed by atoms with Crippen LogP contribution >= 0.6 is 0 Å². The van der Waals surface area contributed by atoms with Crippen LogP contribution in [0.4, 0.5) is 0 Å². The summed E-state index contributed by atoms with van der Waals surface area (Å²) in [7, 11) is 0. The number of benzene rings is 1. The lowest BCUT2D eigenvalue weighted by atomic mass is 9.91. The van der Waals surface area contributed by atoms with E-state index in [4.69, 9.17) is 4.74 Å². The summed E-state index contributed by atoms with van der Waals surface area (Å²) >= 11 is 0. The molecule has 0 spiro atoms. The Labute approximate surface area is 125 Å². The Bertz CT molecular complexity index is 603. The van der Waals surface area contributed by atoms with Crippen molar-refractivity contribution in [3.8, 4) is 0 Å². The Kier molecular flexibility index (Phi) is 4.78. The minimum atomic E-state index is -0.167. The number of rotatable bonds is 5. The lowest BCUT2D eigenvalue weighted by Gasteiger charge is -2.16. The first kappa shape index (κ1) is 15.3. The fraction of sp³-hybridized carbons (Fsp3) is 0.412. The lowest BCUT2D eigenvalue weighted by molar-refractivity contribution is -0.148. The number of esters is 1. The first-order valence-corrected chi connectivity index (χ1v) is 7.24. The molecule has 1 heterocycles. The van der Waals surface area contributed by atoms with E-state index in [-0.39, 0.29) is 17.8 Å². The van der Waals surface area contributed by atoms with Crippen molar-refractivity contribution in [3.63, 3.8) is 0 Å². The van der Waals surface area contributed by atoms with Gasteiger partial charge >= 0.3 is 5.97 Å². The van der Waals surface area contributed by atoms with Gasteiger partial charge in [0.25, 0.3) is 0 Å². The second-order valence-electron chi connectivity index (χ2n) is 5.61. The van der Waals surface area contributed by atoms with Crippen LogP contribution in [0.3, 0.4) is 0 Å². The van der Waals surface area contributed by atoms with Crippen LogP contribution in [0.15, 0.2) is 30.7 Å². The van der Waals surface area contributed by atoms with Gasteiger partial charge in [-0.25, -0.2) is 4.98 Å². The summed E-state index contributed by atoms with van der Waals surface area (Å²) in [5, 5.41) is 0. The normalized spacial score (nSPS) is 12.4. The van der Waals surface area contributed by atoms with E-state index in [0.29, 0.717) is 6.61 Å². The van der Waals surface area contributed by atoms with E-state index < -0.39 is 0 Å². The largest absolute Gasteiger partial charge is 0.461 e. The van der Waals surface area contributed by atoms with Crippen LogP contribution in [-0.2, 0) is 16.1 Å². The molecule has 0 amide bonds. The van der Waals surface area contributed by atoms with Gasteiger partial charge in [0.1, 0.15) is 6.61 Å². The molecule has 2 aromatic rings. The van der Waals surface area contributed by atoms with E-state index in [1.165, 1.54) is 5.56 Å². The van der Waals surface area contributed by atoms with Gasteiger partial charge in [0, 0.05) is 12.1 Å². The number of nitrogens with zero attached hydrogens (tertiary/aromatic N) is 1. The zero-order valence-corrected chi connectivity index (χ0v) is 13.0. The van der Waals surface area contributed by atoms with Gasteiger partial charge in [-0.2, -0.15) is 0 Å². The van der Waals surface area contributed by atoms with Crippen molar-refractivity contribution in [2.75, 3.05) is 0 Å². The molecule has 0 aliphatic rings. The molecular weight excluding hydrogens is 264 g/mol. The van der Waals surface area contributed by atoms with Crippen molar-refractivity contribution in [2.24, 2.45) is 5.92 Å². The third-order valence-electron chi connectivity index (χ3n) is 3.76. The number of carbonyl (C=O) groups excluding carboxylic acids is 1. The number of nitrogens with one attached hydrogen (secondary N) is 1. The second kappa shape index (κ2) is 6.57. The maximum absolute atomic E-state index is 11.6. The number of ether oxygens (including phenoxy) is 1. The molecule has 2 rings (SSSR count). The van der Waals surface area contributed by atoms with Crippen LogP contribution in [0.2, 0.25) is 0 Å². The molecule has 0 radical (unpaired) electrons. The molecule has 0 aliphatic heterocycles. The van der Waals surface area contributed by atoms with Crippen molar-refractivity contribution in [2.45, 2.75) is 40.2 Å². The maximum atomic E-state index is 11.6. The topological polar surface area (TPSA) is 55.0 Å². The van der Waals surface area contributed by atoms with Gasteiger partial charge in [-0.05, 0) is 23.6 Å². The minimum absolute atomic E-state index is 0.100. The van der Waals surface area contributed by atoms with Crippen LogP contribution in [0.1, 0.15) is 49.1 Å². The van der Waals surface area contributed by atoms with Crippen LogP contribution in [-0.4, -0.2) is 15.9 Å². The highest BCUT2D eigenvalue weighted by atomic mass is 16.5. The molecule has 0 saturated heterocycles. The molecule has 4 nitrogen and oxygen atoms in total. The highest BCUT2D eigenvalue weighted by molar-refractivity contribution is 5.71. The predicted molar refractivity (Wildman–Crippen MR) is 81.9 cm³/mol. The van der Waals surface area contributed by atoms with Crippen LogP contribution in [0.5, 0.6) is 0 Å².